The minimum Gasteiger partial charge on any atom is -0.466 e. The summed E-state index contributed by atoms with van der Waals surface area (Å²) >= 11 is 0. The van der Waals surface area contributed by atoms with Crippen LogP contribution in [0, 0.1) is 0 Å². The fourth-order valence-electron chi connectivity index (χ4n) is 4.38. The molecule has 0 aliphatic rings. The van der Waals surface area contributed by atoms with Gasteiger partial charge in [0.05, 0.1) is 12.7 Å². The number of esters is 1. The van der Waals surface area contributed by atoms with Gasteiger partial charge in [-0.1, -0.05) is 135 Å². The summed E-state index contributed by atoms with van der Waals surface area (Å²) in [6.45, 7) is 5.09. The van der Waals surface area contributed by atoms with Gasteiger partial charge < -0.3 is 9.84 Å². The van der Waals surface area contributed by atoms with Crippen LogP contribution in [0.1, 0.15) is 168 Å². The second kappa shape index (κ2) is 28.4. The van der Waals surface area contributed by atoms with Gasteiger partial charge in [0.2, 0.25) is 0 Å². The Morgan fingerprint density at radius 3 is 1.76 bits per heavy atom. The second-order valence-corrected chi connectivity index (χ2v) is 10.3. The second-order valence-electron chi connectivity index (χ2n) is 10.3. The van der Waals surface area contributed by atoms with Gasteiger partial charge in [0.15, 0.2) is 0 Å². The Hall–Kier alpha value is -0.830. The van der Waals surface area contributed by atoms with Crippen LogP contribution in [0.2, 0.25) is 0 Å². The molecule has 0 aromatic rings. The van der Waals surface area contributed by atoms with Gasteiger partial charge in [0.25, 0.3) is 0 Å². The van der Waals surface area contributed by atoms with Crippen LogP contribution in [0.5, 0.6) is 0 Å². The maximum atomic E-state index is 11.8. The van der Waals surface area contributed by atoms with E-state index >= 15 is 0 Å². The lowest BCUT2D eigenvalue weighted by Crippen LogP contribution is -2.05. The van der Waals surface area contributed by atoms with Crippen LogP contribution < -0.4 is 0 Å². The number of hydrogen-bond acceptors (Lipinski definition) is 3. The third-order valence-electron chi connectivity index (χ3n) is 6.73. The molecule has 3 nitrogen and oxygen atoms in total. The smallest absolute Gasteiger partial charge is 0.305 e. The number of hydrogen-bond donors (Lipinski definition) is 1. The molecule has 0 amide bonds. The lowest BCUT2D eigenvalue weighted by Gasteiger charge is -2.07. The molecule has 0 aliphatic heterocycles. The van der Waals surface area contributed by atoms with E-state index in [4.69, 9.17) is 4.74 Å². The highest BCUT2D eigenvalue weighted by Gasteiger charge is 2.03. The first-order valence-electron chi connectivity index (χ1n) is 15.2. The van der Waals surface area contributed by atoms with Crippen molar-refractivity contribution in [2.75, 3.05) is 6.61 Å². The van der Waals surface area contributed by atoms with E-state index in [2.05, 4.69) is 26.0 Å². The van der Waals surface area contributed by atoms with Crippen LogP contribution in [0.4, 0.5) is 0 Å². The largest absolute Gasteiger partial charge is 0.466 e. The van der Waals surface area contributed by atoms with Crippen molar-refractivity contribution in [2.24, 2.45) is 0 Å². The Kier molecular flexibility index (Phi) is 27.7. The number of carbonyl (C=O) groups excluding carboxylic acids is 1. The summed E-state index contributed by atoms with van der Waals surface area (Å²) < 4.78 is 5.38. The predicted molar refractivity (Wildman–Crippen MR) is 148 cm³/mol. The molecule has 0 unspecified atom stereocenters. The minimum absolute atomic E-state index is 0.0109. The number of aliphatic hydroxyl groups excluding tert-OH is 1. The van der Waals surface area contributed by atoms with Crippen LogP contribution >= 0.6 is 0 Å². The van der Waals surface area contributed by atoms with Gasteiger partial charge in [-0.2, -0.15) is 0 Å². The maximum absolute atomic E-state index is 11.8. The first-order chi connectivity index (χ1) is 16.7. The number of rotatable bonds is 27. The van der Waals surface area contributed by atoms with E-state index in [1.165, 1.54) is 103 Å². The van der Waals surface area contributed by atoms with Gasteiger partial charge in [-0.15, -0.1) is 0 Å². The fraction of sp³-hybridized carbons (Fsp3) is 0.903. The van der Waals surface area contributed by atoms with Crippen LogP contribution in [-0.4, -0.2) is 23.8 Å². The summed E-state index contributed by atoms with van der Waals surface area (Å²) in [6.07, 6.45) is 32.7. The first kappa shape index (κ1) is 33.2. The van der Waals surface area contributed by atoms with Gasteiger partial charge in [-0.3, -0.25) is 4.79 Å². The highest BCUT2D eigenvalue weighted by Crippen LogP contribution is 2.13. The molecule has 0 radical (unpaired) electrons. The molecule has 0 saturated heterocycles. The SMILES string of the molecule is CCCCCCCCCCCCCOC(=O)CCCCCCC/C=C\C[C@H](O)CCCCCC. The van der Waals surface area contributed by atoms with E-state index in [1.807, 2.05) is 0 Å². The van der Waals surface area contributed by atoms with E-state index in [9.17, 15) is 9.90 Å². The Labute approximate surface area is 213 Å². The molecule has 0 aliphatic carbocycles. The average Bonchev–Trinajstić information content (AvgIpc) is 2.83. The van der Waals surface area contributed by atoms with Crippen molar-refractivity contribution in [3.05, 3.63) is 12.2 Å². The summed E-state index contributed by atoms with van der Waals surface area (Å²) in [5.74, 6) is -0.0109. The van der Waals surface area contributed by atoms with Crippen molar-refractivity contribution in [1.82, 2.24) is 0 Å². The summed E-state index contributed by atoms with van der Waals surface area (Å²) in [5, 5.41) is 9.95. The Bertz CT molecular complexity index is 432. The number of allylic oxidation sites excluding steroid dienone is 1. The first-order valence-corrected chi connectivity index (χ1v) is 15.2. The van der Waals surface area contributed by atoms with Crippen molar-refractivity contribution in [3.63, 3.8) is 0 Å². The zero-order valence-corrected chi connectivity index (χ0v) is 23.2. The molecule has 0 aromatic heterocycles. The van der Waals surface area contributed by atoms with E-state index < -0.39 is 0 Å². The molecule has 0 spiro atoms. The molecule has 0 fully saturated rings. The van der Waals surface area contributed by atoms with Crippen molar-refractivity contribution in [3.8, 4) is 0 Å². The molecule has 1 N–H and O–H groups in total. The standard InChI is InChI=1S/C31H60O3/c1-3-5-7-9-10-11-12-15-18-21-25-29-34-31(33)28-24-20-17-14-13-16-19-23-27-30(32)26-22-8-6-4-2/h19,23,30,32H,3-18,20-22,24-29H2,1-2H3/b23-19-/t30-/m1/s1. The Balaban J connectivity index is 3.28. The Morgan fingerprint density at radius 2 is 1.15 bits per heavy atom. The van der Waals surface area contributed by atoms with Crippen molar-refractivity contribution in [1.29, 1.82) is 0 Å². The number of unbranched alkanes of at least 4 members (excludes halogenated alkanes) is 18. The van der Waals surface area contributed by atoms with E-state index in [0.29, 0.717) is 13.0 Å². The highest BCUT2D eigenvalue weighted by atomic mass is 16.5. The summed E-state index contributed by atoms with van der Waals surface area (Å²) in [5.41, 5.74) is 0. The molecule has 34 heavy (non-hydrogen) atoms. The normalized spacial score (nSPS) is 12.4. The van der Waals surface area contributed by atoms with E-state index in [1.54, 1.807) is 0 Å². The van der Waals surface area contributed by atoms with Crippen molar-refractivity contribution < 1.29 is 14.6 Å². The summed E-state index contributed by atoms with van der Waals surface area (Å²) in [4.78, 5) is 11.8. The van der Waals surface area contributed by atoms with Gasteiger partial charge in [0.1, 0.15) is 0 Å². The minimum atomic E-state index is -0.164. The molecule has 0 heterocycles. The lowest BCUT2D eigenvalue weighted by atomic mass is 10.1. The molecule has 0 bridgehead atoms. The van der Waals surface area contributed by atoms with Gasteiger partial charge in [-0.25, -0.2) is 0 Å². The number of carbonyl (C=O) groups is 1. The zero-order chi connectivity index (χ0) is 25.0. The molecular formula is C31H60O3. The monoisotopic (exact) mass is 480 g/mol. The molecule has 3 heteroatoms. The zero-order valence-electron chi connectivity index (χ0n) is 23.2. The van der Waals surface area contributed by atoms with Crippen LogP contribution in [-0.2, 0) is 9.53 Å². The van der Waals surface area contributed by atoms with Gasteiger partial charge >= 0.3 is 5.97 Å². The van der Waals surface area contributed by atoms with Crippen LogP contribution in [0.3, 0.4) is 0 Å². The lowest BCUT2D eigenvalue weighted by molar-refractivity contribution is -0.143. The predicted octanol–water partition coefficient (Wildman–Crippen LogP) is 9.85. The van der Waals surface area contributed by atoms with Crippen molar-refractivity contribution in [2.45, 2.75) is 174 Å². The highest BCUT2D eigenvalue weighted by molar-refractivity contribution is 5.69. The average molecular weight is 481 g/mol. The van der Waals surface area contributed by atoms with Crippen molar-refractivity contribution >= 4 is 5.97 Å². The number of ether oxygens (including phenoxy) is 1. The molecular weight excluding hydrogens is 420 g/mol. The number of aliphatic hydroxyl groups is 1. The summed E-state index contributed by atoms with van der Waals surface area (Å²) in [6, 6.07) is 0. The molecule has 0 saturated carbocycles. The molecule has 202 valence electrons. The van der Waals surface area contributed by atoms with Gasteiger partial charge in [0, 0.05) is 6.42 Å². The third-order valence-corrected chi connectivity index (χ3v) is 6.73. The Morgan fingerprint density at radius 1 is 0.647 bits per heavy atom. The maximum Gasteiger partial charge on any atom is 0.305 e. The third kappa shape index (κ3) is 27.4. The van der Waals surface area contributed by atoms with Crippen LogP contribution in [0.15, 0.2) is 12.2 Å². The van der Waals surface area contributed by atoms with E-state index in [-0.39, 0.29) is 12.1 Å². The fourth-order valence-corrected chi connectivity index (χ4v) is 4.38. The molecule has 1 atom stereocenters. The molecule has 0 rings (SSSR count). The quantitative estimate of drug-likeness (QED) is 0.0722. The van der Waals surface area contributed by atoms with E-state index in [0.717, 1.165) is 44.9 Å². The van der Waals surface area contributed by atoms with Crippen LogP contribution in [0.25, 0.3) is 0 Å². The topological polar surface area (TPSA) is 46.5 Å². The van der Waals surface area contributed by atoms with Gasteiger partial charge in [-0.05, 0) is 38.5 Å². The molecule has 0 aromatic carbocycles. The summed E-state index contributed by atoms with van der Waals surface area (Å²) in [7, 11) is 0.